The van der Waals surface area contributed by atoms with Crippen molar-refractivity contribution in [2.24, 2.45) is 5.73 Å². The second-order valence-electron chi connectivity index (χ2n) is 4.37. The average Bonchev–Trinajstić information content (AvgIpc) is 2.86. The fourth-order valence-corrected chi connectivity index (χ4v) is 1.86. The molecule has 1 heterocycles. The molecule has 5 heteroatoms. The van der Waals surface area contributed by atoms with Gasteiger partial charge in [-0.05, 0) is 11.1 Å². The van der Waals surface area contributed by atoms with Crippen LogP contribution in [-0.2, 0) is 22.5 Å². The van der Waals surface area contributed by atoms with Gasteiger partial charge in [0.2, 0.25) is 0 Å². The largest absolute Gasteiger partial charge is 0.468 e. The van der Waals surface area contributed by atoms with Gasteiger partial charge in [0.25, 0.3) is 0 Å². The molecule has 1 unspecified atom stereocenters. The molecule has 1 aromatic carbocycles. The van der Waals surface area contributed by atoms with E-state index < -0.39 is 12.0 Å². The fraction of sp³-hybridized carbons (Fsp3) is 0.286. The Morgan fingerprint density at radius 1 is 1.37 bits per heavy atom. The third-order valence-corrected chi connectivity index (χ3v) is 2.83. The molecule has 0 saturated carbocycles. The van der Waals surface area contributed by atoms with E-state index in [0.717, 1.165) is 5.56 Å². The van der Waals surface area contributed by atoms with Gasteiger partial charge in [0.1, 0.15) is 6.04 Å². The van der Waals surface area contributed by atoms with Crippen LogP contribution in [0.15, 0.2) is 42.7 Å². The van der Waals surface area contributed by atoms with Crippen LogP contribution in [0.25, 0.3) is 0 Å². The highest BCUT2D eigenvalue weighted by molar-refractivity contribution is 5.75. The Morgan fingerprint density at radius 2 is 2.11 bits per heavy atom. The first-order chi connectivity index (χ1) is 9.19. The molecular formula is C14H17N3O2. The Bertz CT molecular complexity index is 537. The number of rotatable bonds is 5. The molecule has 0 fully saturated rings. The third kappa shape index (κ3) is 3.66. The lowest BCUT2D eigenvalue weighted by atomic mass is 10.1. The maximum absolute atomic E-state index is 11.2. The van der Waals surface area contributed by atoms with E-state index in [1.165, 1.54) is 12.7 Å². The quantitative estimate of drug-likeness (QED) is 0.812. The topological polar surface area (TPSA) is 70.1 Å². The van der Waals surface area contributed by atoms with Gasteiger partial charge in [-0.3, -0.25) is 9.48 Å². The SMILES string of the molecule is COC(=O)C(N)Cc1cnn(Cc2ccccc2)c1. The predicted octanol–water partition coefficient (Wildman–Crippen LogP) is 0.974. The zero-order valence-corrected chi connectivity index (χ0v) is 10.8. The molecule has 0 bridgehead atoms. The van der Waals surface area contributed by atoms with Crippen molar-refractivity contribution in [3.05, 3.63) is 53.9 Å². The highest BCUT2D eigenvalue weighted by Crippen LogP contribution is 2.06. The number of ether oxygens (including phenoxy) is 1. The highest BCUT2D eigenvalue weighted by Gasteiger charge is 2.15. The number of carbonyl (C=O) groups excluding carboxylic acids is 1. The Labute approximate surface area is 112 Å². The van der Waals surface area contributed by atoms with Gasteiger partial charge in [-0.15, -0.1) is 0 Å². The number of nitrogens with two attached hydrogens (primary N) is 1. The van der Waals surface area contributed by atoms with E-state index in [1.807, 2.05) is 41.2 Å². The van der Waals surface area contributed by atoms with Crippen molar-refractivity contribution < 1.29 is 9.53 Å². The molecule has 0 aliphatic heterocycles. The van der Waals surface area contributed by atoms with Crippen molar-refractivity contribution in [2.75, 3.05) is 7.11 Å². The Kier molecular flexibility index (Phi) is 4.30. The van der Waals surface area contributed by atoms with Crippen molar-refractivity contribution >= 4 is 5.97 Å². The average molecular weight is 259 g/mol. The minimum Gasteiger partial charge on any atom is -0.468 e. The number of hydrogen-bond acceptors (Lipinski definition) is 4. The summed E-state index contributed by atoms with van der Waals surface area (Å²) in [6.07, 6.45) is 4.06. The van der Waals surface area contributed by atoms with Gasteiger partial charge in [0.05, 0.1) is 19.9 Å². The van der Waals surface area contributed by atoms with Crippen LogP contribution in [0.3, 0.4) is 0 Å². The van der Waals surface area contributed by atoms with Crippen LogP contribution in [0, 0.1) is 0 Å². The lowest BCUT2D eigenvalue weighted by Crippen LogP contribution is -2.33. The van der Waals surface area contributed by atoms with Crippen LogP contribution < -0.4 is 5.73 Å². The monoisotopic (exact) mass is 259 g/mol. The first-order valence-electron chi connectivity index (χ1n) is 6.07. The van der Waals surface area contributed by atoms with Crippen molar-refractivity contribution in [3.8, 4) is 0 Å². The molecule has 2 aromatic rings. The molecule has 1 atom stereocenters. The van der Waals surface area contributed by atoms with E-state index in [4.69, 9.17) is 5.73 Å². The first kappa shape index (κ1) is 13.3. The molecule has 19 heavy (non-hydrogen) atoms. The minimum absolute atomic E-state index is 0.407. The summed E-state index contributed by atoms with van der Waals surface area (Å²) in [6.45, 7) is 0.703. The Balaban J connectivity index is 1.98. The van der Waals surface area contributed by atoms with Gasteiger partial charge in [-0.25, -0.2) is 0 Å². The summed E-state index contributed by atoms with van der Waals surface area (Å²) < 4.78 is 6.42. The molecule has 2 rings (SSSR count). The Hall–Kier alpha value is -2.14. The smallest absolute Gasteiger partial charge is 0.322 e. The summed E-state index contributed by atoms with van der Waals surface area (Å²) in [7, 11) is 1.33. The van der Waals surface area contributed by atoms with E-state index in [9.17, 15) is 4.79 Å². The number of hydrogen-bond donors (Lipinski definition) is 1. The summed E-state index contributed by atoms with van der Waals surface area (Å²) in [5.41, 5.74) is 7.81. The van der Waals surface area contributed by atoms with Crippen LogP contribution in [0.4, 0.5) is 0 Å². The normalized spacial score (nSPS) is 12.1. The van der Waals surface area contributed by atoms with E-state index in [2.05, 4.69) is 9.84 Å². The van der Waals surface area contributed by atoms with E-state index in [-0.39, 0.29) is 0 Å². The number of esters is 1. The van der Waals surface area contributed by atoms with Crippen LogP contribution in [-0.4, -0.2) is 28.9 Å². The zero-order valence-electron chi connectivity index (χ0n) is 10.8. The molecule has 0 radical (unpaired) electrons. The van der Waals surface area contributed by atoms with Crippen molar-refractivity contribution in [1.29, 1.82) is 0 Å². The van der Waals surface area contributed by atoms with Gasteiger partial charge >= 0.3 is 5.97 Å². The molecule has 0 saturated heterocycles. The third-order valence-electron chi connectivity index (χ3n) is 2.83. The van der Waals surface area contributed by atoms with Crippen LogP contribution in [0.1, 0.15) is 11.1 Å². The van der Waals surface area contributed by atoms with Gasteiger partial charge in [-0.2, -0.15) is 5.10 Å². The summed E-state index contributed by atoms with van der Waals surface area (Å²) in [5.74, 6) is -0.407. The highest BCUT2D eigenvalue weighted by atomic mass is 16.5. The van der Waals surface area contributed by atoms with E-state index >= 15 is 0 Å². The van der Waals surface area contributed by atoms with Gasteiger partial charge in [0, 0.05) is 12.6 Å². The van der Waals surface area contributed by atoms with Gasteiger partial charge in [0.15, 0.2) is 0 Å². The first-order valence-corrected chi connectivity index (χ1v) is 6.07. The van der Waals surface area contributed by atoms with Crippen molar-refractivity contribution in [2.45, 2.75) is 19.0 Å². The maximum atomic E-state index is 11.2. The van der Waals surface area contributed by atoms with Gasteiger partial charge < -0.3 is 10.5 Å². The minimum atomic E-state index is -0.639. The molecule has 0 aliphatic carbocycles. The zero-order chi connectivity index (χ0) is 13.7. The fourth-order valence-electron chi connectivity index (χ4n) is 1.86. The summed E-state index contributed by atoms with van der Waals surface area (Å²) in [6, 6.07) is 9.41. The number of benzene rings is 1. The molecule has 100 valence electrons. The second-order valence-corrected chi connectivity index (χ2v) is 4.37. The standard InChI is InChI=1S/C14H17N3O2/c1-19-14(18)13(15)7-12-8-16-17(10-12)9-11-5-3-2-4-6-11/h2-6,8,10,13H,7,9,15H2,1H3. The molecule has 5 nitrogen and oxygen atoms in total. The maximum Gasteiger partial charge on any atom is 0.322 e. The Morgan fingerprint density at radius 3 is 2.79 bits per heavy atom. The lowest BCUT2D eigenvalue weighted by Gasteiger charge is -2.06. The van der Waals surface area contributed by atoms with E-state index in [0.29, 0.717) is 13.0 Å². The number of aromatic nitrogens is 2. The number of carbonyl (C=O) groups is 1. The molecular weight excluding hydrogens is 242 g/mol. The summed E-state index contributed by atoms with van der Waals surface area (Å²) in [5, 5.41) is 4.26. The molecule has 2 N–H and O–H groups in total. The van der Waals surface area contributed by atoms with E-state index in [1.54, 1.807) is 6.20 Å². The number of nitrogens with zero attached hydrogens (tertiary/aromatic N) is 2. The summed E-state index contributed by atoms with van der Waals surface area (Å²) in [4.78, 5) is 11.2. The second kappa shape index (κ2) is 6.15. The molecule has 1 aromatic heterocycles. The van der Waals surface area contributed by atoms with Gasteiger partial charge in [-0.1, -0.05) is 30.3 Å². The van der Waals surface area contributed by atoms with Crippen LogP contribution in [0.5, 0.6) is 0 Å². The molecule has 0 amide bonds. The molecule has 0 spiro atoms. The van der Waals surface area contributed by atoms with Crippen LogP contribution >= 0.6 is 0 Å². The predicted molar refractivity (Wildman–Crippen MR) is 71.5 cm³/mol. The van der Waals surface area contributed by atoms with Crippen LogP contribution in [0.2, 0.25) is 0 Å². The van der Waals surface area contributed by atoms with Crippen molar-refractivity contribution in [3.63, 3.8) is 0 Å². The summed E-state index contributed by atoms with van der Waals surface area (Å²) >= 11 is 0. The number of methoxy groups -OCH3 is 1. The van der Waals surface area contributed by atoms with Crippen molar-refractivity contribution in [1.82, 2.24) is 9.78 Å². The molecule has 0 aliphatic rings. The lowest BCUT2D eigenvalue weighted by molar-refractivity contribution is -0.142.